The Bertz CT molecular complexity index is 509. The van der Waals surface area contributed by atoms with Crippen LogP contribution in [-0.2, 0) is 4.74 Å². The number of allylic oxidation sites excluding steroid dienone is 2. The van der Waals surface area contributed by atoms with E-state index in [9.17, 15) is 0 Å². The van der Waals surface area contributed by atoms with Gasteiger partial charge in [0.2, 0.25) is 0 Å². The molecule has 0 radical (unpaired) electrons. The van der Waals surface area contributed by atoms with Crippen molar-refractivity contribution >= 4 is 0 Å². The summed E-state index contributed by atoms with van der Waals surface area (Å²) in [6.45, 7) is 9.90. The van der Waals surface area contributed by atoms with E-state index in [4.69, 9.17) is 9.47 Å². The first-order valence-electron chi connectivity index (χ1n) is 7.61. The molecule has 2 heteroatoms. The van der Waals surface area contributed by atoms with Gasteiger partial charge in [-0.15, -0.1) is 0 Å². The molecule has 0 saturated heterocycles. The predicted octanol–water partition coefficient (Wildman–Crippen LogP) is 4.69. The molecule has 0 spiro atoms. The second-order valence-electron chi connectivity index (χ2n) is 6.66. The summed E-state index contributed by atoms with van der Waals surface area (Å²) in [4.78, 5) is 0. The second kappa shape index (κ2) is 6.95. The standard InChI is InChI=1S/C19H26O2/c1-15-5-9-17(10-6-15)20-13-19(3,4)14-21-18-11-7-16(2)8-12-18/h5-11,18H,12-14H2,1-4H3. The van der Waals surface area contributed by atoms with Crippen molar-refractivity contribution in [3.05, 3.63) is 53.6 Å². The van der Waals surface area contributed by atoms with Gasteiger partial charge in [0.05, 0.1) is 19.3 Å². The molecule has 1 aliphatic rings. The fourth-order valence-corrected chi connectivity index (χ4v) is 2.12. The van der Waals surface area contributed by atoms with E-state index in [0.29, 0.717) is 13.2 Å². The van der Waals surface area contributed by atoms with E-state index in [1.165, 1.54) is 11.1 Å². The van der Waals surface area contributed by atoms with Gasteiger partial charge in [0.25, 0.3) is 0 Å². The van der Waals surface area contributed by atoms with Crippen molar-refractivity contribution in [2.75, 3.05) is 13.2 Å². The summed E-state index contributed by atoms with van der Waals surface area (Å²) in [6.07, 6.45) is 7.67. The first-order chi connectivity index (χ1) is 9.94. The molecule has 1 atom stereocenters. The van der Waals surface area contributed by atoms with Gasteiger partial charge >= 0.3 is 0 Å². The van der Waals surface area contributed by atoms with E-state index in [-0.39, 0.29) is 11.5 Å². The summed E-state index contributed by atoms with van der Waals surface area (Å²) in [6, 6.07) is 8.17. The molecule has 0 N–H and O–H groups in total. The zero-order valence-corrected chi connectivity index (χ0v) is 13.6. The van der Waals surface area contributed by atoms with Gasteiger partial charge in [0.1, 0.15) is 5.75 Å². The van der Waals surface area contributed by atoms with Crippen LogP contribution in [0.25, 0.3) is 0 Å². The van der Waals surface area contributed by atoms with E-state index >= 15 is 0 Å². The third kappa shape index (κ3) is 5.39. The largest absolute Gasteiger partial charge is 0.493 e. The molecule has 1 aromatic rings. The molecular weight excluding hydrogens is 260 g/mol. The van der Waals surface area contributed by atoms with E-state index in [1.54, 1.807) is 0 Å². The average molecular weight is 286 g/mol. The summed E-state index contributed by atoms with van der Waals surface area (Å²) in [5.74, 6) is 0.921. The molecule has 0 saturated carbocycles. The maximum atomic E-state index is 5.99. The van der Waals surface area contributed by atoms with E-state index < -0.39 is 0 Å². The number of aryl methyl sites for hydroxylation is 1. The summed E-state index contributed by atoms with van der Waals surface area (Å²) in [7, 11) is 0. The van der Waals surface area contributed by atoms with Gasteiger partial charge in [-0.1, -0.05) is 55.3 Å². The van der Waals surface area contributed by atoms with Crippen LogP contribution in [0.3, 0.4) is 0 Å². The zero-order chi connectivity index (χ0) is 15.3. The normalized spacial score (nSPS) is 18.5. The first kappa shape index (κ1) is 15.8. The molecule has 0 heterocycles. The minimum atomic E-state index is -0.00503. The Labute approximate surface area is 128 Å². The van der Waals surface area contributed by atoms with E-state index in [2.05, 4.69) is 58.1 Å². The smallest absolute Gasteiger partial charge is 0.119 e. The topological polar surface area (TPSA) is 18.5 Å². The first-order valence-corrected chi connectivity index (χ1v) is 7.61. The van der Waals surface area contributed by atoms with Crippen molar-refractivity contribution < 1.29 is 9.47 Å². The van der Waals surface area contributed by atoms with Crippen molar-refractivity contribution in [2.45, 2.75) is 40.2 Å². The summed E-state index contributed by atoms with van der Waals surface area (Å²) < 4.78 is 11.9. The Morgan fingerprint density at radius 2 is 1.81 bits per heavy atom. The highest BCUT2D eigenvalue weighted by atomic mass is 16.5. The zero-order valence-electron chi connectivity index (χ0n) is 13.6. The summed E-state index contributed by atoms with van der Waals surface area (Å²) >= 11 is 0. The van der Waals surface area contributed by atoms with Crippen LogP contribution in [0.5, 0.6) is 5.75 Å². The molecule has 21 heavy (non-hydrogen) atoms. The Balaban J connectivity index is 1.76. The molecule has 1 unspecified atom stereocenters. The van der Waals surface area contributed by atoms with Crippen LogP contribution < -0.4 is 4.74 Å². The average Bonchev–Trinajstić information content (AvgIpc) is 2.46. The number of hydrogen-bond donors (Lipinski definition) is 0. The highest BCUT2D eigenvalue weighted by Gasteiger charge is 2.21. The van der Waals surface area contributed by atoms with Crippen molar-refractivity contribution in [1.82, 2.24) is 0 Å². The Kier molecular flexibility index (Phi) is 5.24. The lowest BCUT2D eigenvalue weighted by atomic mass is 9.96. The van der Waals surface area contributed by atoms with Crippen molar-refractivity contribution in [3.63, 3.8) is 0 Å². The van der Waals surface area contributed by atoms with Crippen molar-refractivity contribution in [1.29, 1.82) is 0 Å². The number of benzene rings is 1. The van der Waals surface area contributed by atoms with Gasteiger partial charge in [-0.2, -0.15) is 0 Å². The van der Waals surface area contributed by atoms with Crippen LogP contribution in [0.15, 0.2) is 48.1 Å². The molecule has 0 bridgehead atoms. The molecule has 0 aliphatic heterocycles. The molecule has 1 aromatic carbocycles. The molecule has 0 aromatic heterocycles. The molecule has 0 amide bonds. The van der Waals surface area contributed by atoms with Crippen LogP contribution in [-0.4, -0.2) is 19.3 Å². The van der Waals surface area contributed by atoms with E-state index in [1.807, 2.05) is 12.1 Å². The fraction of sp³-hybridized carbons (Fsp3) is 0.474. The maximum absolute atomic E-state index is 5.99. The van der Waals surface area contributed by atoms with Gasteiger partial charge in [0, 0.05) is 5.41 Å². The maximum Gasteiger partial charge on any atom is 0.119 e. The highest BCUT2D eigenvalue weighted by molar-refractivity contribution is 5.26. The van der Waals surface area contributed by atoms with Crippen LogP contribution in [0.1, 0.15) is 32.8 Å². The second-order valence-corrected chi connectivity index (χ2v) is 6.66. The lowest BCUT2D eigenvalue weighted by Gasteiger charge is -2.27. The third-order valence-electron chi connectivity index (χ3n) is 3.58. The van der Waals surface area contributed by atoms with Crippen LogP contribution in [0, 0.1) is 12.3 Å². The molecule has 1 aliphatic carbocycles. The number of ether oxygens (including phenoxy) is 2. The monoisotopic (exact) mass is 286 g/mol. The Morgan fingerprint density at radius 1 is 1.10 bits per heavy atom. The third-order valence-corrected chi connectivity index (χ3v) is 3.58. The lowest BCUT2D eigenvalue weighted by molar-refractivity contribution is 0.00713. The van der Waals surface area contributed by atoms with Crippen LogP contribution in [0.2, 0.25) is 0 Å². The predicted molar refractivity (Wildman–Crippen MR) is 87.7 cm³/mol. The molecule has 114 valence electrons. The van der Waals surface area contributed by atoms with Gasteiger partial charge in [-0.3, -0.25) is 0 Å². The fourth-order valence-electron chi connectivity index (χ4n) is 2.12. The Hall–Kier alpha value is -1.54. The van der Waals surface area contributed by atoms with Crippen LogP contribution in [0.4, 0.5) is 0 Å². The minimum absolute atomic E-state index is 0.00503. The van der Waals surface area contributed by atoms with E-state index in [0.717, 1.165) is 12.2 Å². The van der Waals surface area contributed by atoms with Gasteiger partial charge in [-0.05, 0) is 32.4 Å². The molecule has 2 nitrogen and oxygen atoms in total. The summed E-state index contributed by atoms with van der Waals surface area (Å²) in [5, 5.41) is 0. The van der Waals surface area contributed by atoms with Crippen molar-refractivity contribution in [3.8, 4) is 5.75 Å². The summed E-state index contributed by atoms with van der Waals surface area (Å²) in [5.41, 5.74) is 2.56. The Morgan fingerprint density at radius 3 is 2.43 bits per heavy atom. The number of rotatable bonds is 6. The lowest BCUT2D eigenvalue weighted by Crippen LogP contribution is -2.29. The molecule has 2 rings (SSSR count). The minimum Gasteiger partial charge on any atom is -0.493 e. The SMILES string of the molecule is CC1=CCC(OCC(C)(C)COc2ccc(C)cc2)C=C1. The highest BCUT2D eigenvalue weighted by Crippen LogP contribution is 2.22. The number of hydrogen-bond acceptors (Lipinski definition) is 2. The quantitative estimate of drug-likeness (QED) is 0.755. The van der Waals surface area contributed by atoms with Crippen LogP contribution >= 0.6 is 0 Å². The van der Waals surface area contributed by atoms with Gasteiger partial charge < -0.3 is 9.47 Å². The van der Waals surface area contributed by atoms with Gasteiger partial charge in [0.15, 0.2) is 0 Å². The molecule has 0 fully saturated rings. The van der Waals surface area contributed by atoms with Gasteiger partial charge in [-0.25, -0.2) is 0 Å². The van der Waals surface area contributed by atoms with Crippen molar-refractivity contribution in [2.24, 2.45) is 5.41 Å². The molecular formula is C19H26O2.